The normalized spacial score (nSPS) is 10.6. The molecule has 0 saturated heterocycles. The molecule has 0 fully saturated rings. The fraction of sp³-hybridized carbons (Fsp3) is 0.227. The van der Waals surface area contributed by atoms with Crippen molar-refractivity contribution in [2.24, 2.45) is 0 Å². The third-order valence-electron chi connectivity index (χ3n) is 4.08. The molecular formula is C22H24FN3O3. The Morgan fingerprint density at radius 1 is 1.03 bits per heavy atom. The smallest absolute Gasteiger partial charge is 0.247 e. The summed E-state index contributed by atoms with van der Waals surface area (Å²) in [6, 6.07) is 12.9. The molecule has 152 valence electrons. The van der Waals surface area contributed by atoms with Crippen LogP contribution in [-0.4, -0.2) is 35.7 Å². The maximum absolute atomic E-state index is 12.9. The summed E-state index contributed by atoms with van der Waals surface area (Å²) in [6.07, 6.45) is 3.06. The van der Waals surface area contributed by atoms with Gasteiger partial charge in [-0.2, -0.15) is 0 Å². The molecule has 3 amide bonds. The molecule has 7 heteroatoms. The highest BCUT2D eigenvalue weighted by molar-refractivity contribution is 5.94. The summed E-state index contributed by atoms with van der Waals surface area (Å²) < 4.78 is 12.9. The van der Waals surface area contributed by atoms with Crippen LogP contribution in [0, 0.1) is 5.82 Å². The number of nitrogens with one attached hydrogen (secondary N) is 2. The molecule has 2 N–H and O–H groups in total. The number of hydrogen-bond donors (Lipinski definition) is 2. The lowest BCUT2D eigenvalue weighted by atomic mass is 10.2. The van der Waals surface area contributed by atoms with E-state index in [4.69, 9.17) is 0 Å². The van der Waals surface area contributed by atoms with Crippen LogP contribution >= 0.6 is 0 Å². The van der Waals surface area contributed by atoms with Crippen LogP contribution in [-0.2, 0) is 20.9 Å². The minimum Gasteiger partial charge on any atom is -0.350 e. The van der Waals surface area contributed by atoms with E-state index in [1.54, 1.807) is 49.4 Å². The first-order chi connectivity index (χ1) is 13.9. The first-order valence-corrected chi connectivity index (χ1v) is 9.23. The van der Waals surface area contributed by atoms with Crippen molar-refractivity contribution in [2.45, 2.75) is 20.4 Å². The Bertz CT molecular complexity index is 877. The molecule has 2 aromatic rings. The molecule has 0 bridgehead atoms. The SMILES string of the molecule is CCN(CC(=O)NCc1ccc(F)cc1)C(=O)/C=C/c1ccc(NC(C)=O)cc1. The number of halogens is 1. The summed E-state index contributed by atoms with van der Waals surface area (Å²) in [5, 5.41) is 5.39. The fourth-order valence-electron chi connectivity index (χ4n) is 2.53. The Hall–Kier alpha value is -3.48. The van der Waals surface area contributed by atoms with Gasteiger partial charge in [0.05, 0.1) is 6.54 Å². The molecule has 6 nitrogen and oxygen atoms in total. The molecule has 0 unspecified atom stereocenters. The summed E-state index contributed by atoms with van der Waals surface area (Å²) in [5.74, 6) is -1.06. The molecule has 2 rings (SSSR count). The second-order valence-corrected chi connectivity index (χ2v) is 6.39. The lowest BCUT2D eigenvalue weighted by molar-refractivity contribution is -0.132. The van der Waals surface area contributed by atoms with Gasteiger partial charge in [-0.15, -0.1) is 0 Å². The lowest BCUT2D eigenvalue weighted by Crippen LogP contribution is -2.39. The van der Waals surface area contributed by atoms with E-state index in [1.165, 1.54) is 30.0 Å². The minimum absolute atomic E-state index is 0.0671. The average Bonchev–Trinajstić information content (AvgIpc) is 2.70. The van der Waals surface area contributed by atoms with Gasteiger partial charge in [-0.3, -0.25) is 14.4 Å². The molecule has 29 heavy (non-hydrogen) atoms. The van der Waals surface area contributed by atoms with E-state index in [1.807, 2.05) is 0 Å². The van der Waals surface area contributed by atoms with Crippen LogP contribution in [0.15, 0.2) is 54.6 Å². The third-order valence-corrected chi connectivity index (χ3v) is 4.08. The van der Waals surface area contributed by atoms with Gasteiger partial charge in [-0.05, 0) is 48.4 Å². The van der Waals surface area contributed by atoms with Crippen molar-refractivity contribution in [1.29, 1.82) is 0 Å². The van der Waals surface area contributed by atoms with E-state index in [0.29, 0.717) is 12.2 Å². The van der Waals surface area contributed by atoms with Crippen molar-refractivity contribution < 1.29 is 18.8 Å². The number of rotatable bonds is 8. The van der Waals surface area contributed by atoms with Crippen LogP contribution in [0.25, 0.3) is 6.08 Å². The molecule has 0 spiro atoms. The zero-order chi connectivity index (χ0) is 21.2. The van der Waals surface area contributed by atoms with Gasteiger partial charge in [-0.25, -0.2) is 4.39 Å². The van der Waals surface area contributed by atoms with Crippen molar-refractivity contribution >= 4 is 29.5 Å². The molecule has 0 heterocycles. The highest BCUT2D eigenvalue weighted by Gasteiger charge is 2.13. The number of nitrogens with zero attached hydrogens (tertiary/aromatic N) is 1. The molecule has 0 aliphatic carbocycles. The van der Waals surface area contributed by atoms with E-state index in [-0.39, 0.29) is 36.6 Å². The molecule has 0 aliphatic heterocycles. The quantitative estimate of drug-likeness (QED) is 0.672. The van der Waals surface area contributed by atoms with E-state index in [9.17, 15) is 18.8 Å². The topological polar surface area (TPSA) is 78.5 Å². The van der Waals surface area contributed by atoms with Gasteiger partial charge in [0.1, 0.15) is 5.82 Å². The second kappa shape index (κ2) is 10.8. The van der Waals surface area contributed by atoms with Crippen molar-refractivity contribution in [3.8, 4) is 0 Å². The van der Waals surface area contributed by atoms with Crippen LogP contribution in [0.4, 0.5) is 10.1 Å². The van der Waals surface area contributed by atoms with E-state index in [0.717, 1.165) is 11.1 Å². The van der Waals surface area contributed by atoms with Crippen molar-refractivity contribution in [2.75, 3.05) is 18.4 Å². The zero-order valence-corrected chi connectivity index (χ0v) is 16.4. The molecular weight excluding hydrogens is 373 g/mol. The van der Waals surface area contributed by atoms with Gasteiger partial charge in [0.25, 0.3) is 0 Å². The predicted octanol–water partition coefficient (Wildman–Crippen LogP) is 2.96. The molecule has 0 radical (unpaired) electrons. The van der Waals surface area contributed by atoms with Gasteiger partial charge >= 0.3 is 0 Å². The van der Waals surface area contributed by atoms with Gasteiger partial charge in [0, 0.05) is 31.8 Å². The van der Waals surface area contributed by atoms with E-state index >= 15 is 0 Å². The standard InChI is InChI=1S/C22H24FN3O3/c1-3-26(15-21(28)24-14-18-4-9-19(23)10-5-18)22(29)13-8-17-6-11-20(12-7-17)25-16(2)27/h4-13H,3,14-15H2,1-2H3,(H,24,28)(H,25,27)/b13-8+. The van der Waals surface area contributed by atoms with Crippen LogP contribution < -0.4 is 10.6 Å². The third kappa shape index (κ3) is 7.57. The molecule has 2 aromatic carbocycles. The van der Waals surface area contributed by atoms with Gasteiger partial charge < -0.3 is 15.5 Å². The largest absolute Gasteiger partial charge is 0.350 e. The van der Waals surface area contributed by atoms with Crippen LogP contribution in [0.3, 0.4) is 0 Å². The summed E-state index contributed by atoms with van der Waals surface area (Å²) in [4.78, 5) is 36.9. The Morgan fingerprint density at radius 2 is 1.69 bits per heavy atom. The second-order valence-electron chi connectivity index (χ2n) is 6.39. The first-order valence-electron chi connectivity index (χ1n) is 9.23. The zero-order valence-electron chi connectivity index (χ0n) is 16.4. The van der Waals surface area contributed by atoms with E-state index in [2.05, 4.69) is 10.6 Å². The Morgan fingerprint density at radius 3 is 2.28 bits per heavy atom. The Kier molecular flexibility index (Phi) is 8.09. The van der Waals surface area contributed by atoms with Gasteiger partial charge in [0.2, 0.25) is 17.7 Å². The molecule has 0 aliphatic rings. The number of benzene rings is 2. The highest BCUT2D eigenvalue weighted by atomic mass is 19.1. The molecule has 0 saturated carbocycles. The summed E-state index contributed by atoms with van der Waals surface area (Å²) in [5.41, 5.74) is 2.25. The maximum Gasteiger partial charge on any atom is 0.247 e. The first kappa shape index (κ1) is 21.8. The van der Waals surface area contributed by atoms with Crippen molar-refractivity contribution in [1.82, 2.24) is 10.2 Å². The molecule has 0 atom stereocenters. The number of carbonyl (C=O) groups excluding carboxylic acids is 3. The number of carbonyl (C=O) groups is 3. The number of amides is 3. The van der Waals surface area contributed by atoms with Crippen LogP contribution in [0.2, 0.25) is 0 Å². The predicted molar refractivity (Wildman–Crippen MR) is 110 cm³/mol. The summed E-state index contributed by atoms with van der Waals surface area (Å²) >= 11 is 0. The van der Waals surface area contributed by atoms with Crippen LogP contribution in [0.1, 0.15) is 25.0 Å². The Balaban J connectivity index is 1.86. The average molecular weight is 397 g/mol. The molecule has 0 aromatic heterocycles. The summed E-state index contributed by atoms with van der Waals surface area (Å²) in [7, 11) is 0. The number of likely N-dealkylation sites (N-methyl/N-ethyl adjacent to an activating group) is 1. The number of hydrogen-bond acceptors (Lipinski definition) is 3. The van der Waals surface area contributed by atoms with Gasteiger partial charge in [0.15, 0.2) is 0 Å². The highest BCUT2D eigenvalue weighted by Crippen LogP contribution is 2.11. The van der Waals surface area contributed by atoms with Crippen molar-refractivity contribution in [3.63, 3.8) is 0 Å². The van der Waals surface area contributed by atoms with Crippen LogP contribution in [0.5, 0.6) is 0 Å². The summed E-state index contributed by atoms with van der Waals surface area (Å²) in [6.45, 7) is 3.81. The lowest BCUT2D eigenvalue weighted by Gasteiger charge is -2.18. The fourth-order valence-corrected chi connectivity index (χ4v) is 2.53. The Labute approximate surface area is 169 Å². The van der Waals surface area contributed by atoms with Gasteiger partial charge in [-0.1, -0.05) is 24.3 Å². The maximum atomic E-state index is 12.9. The number of anilines is 1. The van der Waals surface area contributed by atoms with Crippen molar-refractivity contribution in [3.05, 3.63) is 71.6 Å². The minimum atomic E-state index is -0.334. The van der Waals surface area contributed by atoms with E-state index < -0.39 is 0 Å². The monoisotopic (exact) mass is 397 g/mol.